The van der Waals surface area contributed by atoms with Crippen LogP contribution in [0.4, 0.5) is 5.69 Å². The minimum Gasteiger partial charge on any atom is -0.484 e. The predicted molar refractivity (Wildman–Crippen MR) is 73.5 cm³/mol. The Morgan fingerprint density at radius 2 is 2.21 bits per heavy atom. The van der Waals surface area contributed by atoms with E-state index in [0.717, 1.165) is 0 Å². The third-order valence-electron chi connectivity index (χ3n) is 2.81. The molecule has 0 saturated heterocycles. The van der Waals surface area contributed by atoms with Crippen LogP contribution < -0.4 is 10.1 Å². The van der Waals surface area contributed by atoms with Gasteiger partial charge in [-0.25, -0.2) is 8.42 Å². The van der Waals surface area contributed by atoms with Gasteiger partial charge in [0.2, 0.25) is 0 Å². The molecule has 2 rings (SSSR count). The van der Waals surface area contributed by atoms with E-state index in [9.17, 15) is 8.42 Å². The van der Waals surface area contributed by atoms with Gasteiger partial charge >= 0.3 is 0 Å². The smallest absolute Gasteiger partial charge is 0.175 e. The lowest BCUT2D eigenvalue weighted by Gasteiger charge is -2.28. The SMILES string of the molecule is CC(C)OCC1CNc2cc(S(C)(=O)=O)ccc2O1. The van der Waals surface area contributed by atoms with Crippen molar-refractivity contribution >= 4 is 15.5 Å². The van der Waals surface area contributed by atoms with Gasteiger partial charge in [0.15, 0.2) is 9.84 Å². The molecule has 1 aliphatic heterocycles. The highest BCUT2D eigenvalue weighted by Gasteiger charge is 2.21. The van der Waals surface area contributed by atoms with Crippen molar-refractivity contribution in [3.05, 3.63) is 18.2 Å². The molecule has 0 radical (unpaired) electrons. The summed E-state index contributed by atoms with van der Waals surface area (Å²) in [5.74, 6) is 0.663. The van der Waals surface area contributed by atoms with Gasteiger partial charge in [0.25, 0.3) is 0 Å². The van der Waals surface area contributed by atoms with Crippen molar-refractivity contribution in [2.24, 2.45) is 0 Å². The molecule has 1 heterocycles. The third kappa shape index (κ3) is 3.61. The minimum absolute atomic E-state index is 0.0565. The lowest BCUT2D eigenvalue weighted by atomic mass is 10.2. The first-order valence-electron chi connectivity index (χ1n) is 6.22. The molecule has 19 heavy (non-hydrogen) atoms. The van der Waals surface area contributed by atoms with Gasteiger partial charge < -0.3 is 14.8 Å². The molecule has 0 bridgehead atoms. The molecule has 1 unspecified atom stereocenters. The van der Waals surface area contributed by atoms with Crippen LogP contribution in [0.2, 0.25) is 0 Å². The van der Waals surface area contributed by atoms with Crippen molar-refractivity contribution in [1.29, 1.82) is 0 Å². The van der Waals surface area contributed by atoms with Gasteiger partial charge in [0.1, 0.15) is 11.9 Å². The van der Waals surface area contributed by atoms with E-state index in [2.05, 4.69) is 5.32 Å². The van der Waals surface area contributed by atoms with E-state index in [1.807, 2.05) is 13.8 Å². The topological polar surface area (TPSA) is 64.6 Å². The van der Waals surface area contributed by atoms with E-state index >= 15 is 0 Å². The second-order valence-corrected chi connectivity index (χ2v) is 6.95. The molecule has 0 aliphatic carbocycles. The van der Waals surface area contributed by atoms with Crippen molar-refractivity contribution in [1.82, 2.24) is 0 Å². The number of hydrogen-bond acceptors (Lipinski definition) is 5. The fraction of sp³-hybridized carbons (Fsp3) is 0.538. The zero-order valence-electron chi connectivity index (χ0n) is 11.3. The van der Waals surface area contributed by atoms with Crippen LogP contribution in [-0.2, 0) is 14.6 Å². The van der Waals surface area contributed by atoms with Crippen LogP contribution in [0.1, 0.15) is 13.8 Å². The van der Waals surface area contributed by atoms with Gasteiger partial charge in [0, 0.05) is 6.26 Å². The first-order valence-corrected chi connectivity index (χ1v) is 8.11. The summed E-state index contributed by atoms with van der Waals surface area (Å²) in [4.78, 5) is 0.291. The first kappa shape index (κ1) is 14.1. The molecule has 0 aromatic heterocycles. The van der Waals surface area contributed by atoms with Crippen molar-refractivity contribution in [3.63, 3.8) is 0 Å². The summed E-state index contributed by atoms with van der Waals surface area (Å²) >= 11 is 0. The van der Waals surface area contributed by atoms with Crippen molar-refractivity contribution in [3.8, 4) is 5.75 Å². The van der Waals surface area contributed by atoms with Crippen molar-refractivity contribution in [2.75, 3.05) is 24.7 Å². The molecule has 0 saturated carbocycles. The van der Waals surface area contributed by atoms with Gasteiger partial charge in [-0.15, -0.1) is 0 Å². The number of benzene rings is 1. The number of rotatable bonds is 4. The Morgan fingerprint density at radius 1 is 1.47 bits per heavy atom. The lowest BCUT2D eigenvalue weighted by molar-refractivity contribution is 0.0190. The molecular formula is C13H19NO4S. The summed E-state index contributed by atoms with van der Waals surface area (Å²) in [6, 6.07) is 4.84. The van der Waals surface area contributed by atoms with E-state index < -0.39 is 9.84 Å². The Kier molecular flexibility index (Phi) is 4.01. The fourth-order valence-corrected chi connectivity index (χ4v) is 2.47. The molecule has 1 aliphatic rings. The van der Waals surface area contributed by atoms with E-state index in [0.29, 0.717) is 29.5 Å². The summed E-state index contributed by atoms with van der Waals surface area (Å²) in [6.45, 7) is 5.07. The highest BCUT2D eigenvalue weighted by Crippen LogP contribution is 2.31. The molecule has 106 valence electrons. The molecule has 0 spiro atoms. The quantitative estimate of drug-likeness (QED) is 0.912. The van der Waals surface area contributed by atoms with Crippen LogP contribution in [0.3, 0.4) is 0 Å². The van der Waals surface area contributed by atoms with Crippen LogP contribution in [0.15, 0.2) is 23.1 Å². The normalized spacial score (nSPS) is 18.6. The maximum atomic E-state index is 11.5. The van der Waals surface area contributed by atoms with Crippen molar-refractivity contribution in [2.45, 2.75) is 31.0 Å². The van der Waals surface area contributed by atoms with E-state index in [1.165, 1.54) is 6.26 Å². The molecule has 5 nitrogen and oxygen atoms in total. The molecular weight excluding hydrogens is 266 g/mol. The second kappa shape index (κ2) is 5.38. The van der Waals surface area contributed by atoms with Crippen LogP contribution in [0.5, 0.6) is 5.75 Å². The average Bonchev–Trinajstić information content (AvgIpc) is 2.34. The number of nitrogens with one attached hydrogen (secondary N) is 1. The molecule has 0 amide bonds. The number of anilines is 1. The molecule has 1 atom stereocenters. The summed E-state index contributed by atoms with van der Waals surface area (Å²) < 4.78 is 34.2. The van der Waals surface area contributed by atoms with E-state index in [1.54, 1.807) is 18.2 Å². The Balaban J connectivity index is 2.11. The van der Waals surface area contributed by atoms with Gasteiger partial charge in [-0.1, -0.05) is 0 Å². The number of fused-ring (bicyclic) bond motifs is 1. The lowest BCUT2D eigenvalue weighted by Crippen LogP contribution is -2.35. The van der Waals surface area contributed by atoms with Gasteiger partial charge in [-0.2, -0.15) is 0 Å². The largest absolute Gasteiger partial charge is 0.484 e. The molecule has 1 aromatic carbocycles. The maximum absolute atomic E-state index is 11.5. The first-order chi connectivity index (χ1) is 8.86. The van der Waals surface area contributed by atoms with Gasteiger partial charge in [0.05, 0.1) is 29.8 Å². The van der Waals surface area contributed by atoms with Gasteiger partial charge in [-0.05, 0) is 32.0 Å². The fourth-order valence-electron chi connectivity index (χ4n) is 1.82. The average molecular weight is 285 g/mol. The Hall–Kier alpha value is -1.27. The van der Waals surface area contributed by atoms with Crippen LogP contribution in [-0.4, -0.2) is 40.0 Å². The minimum atomic E-state index is -3.19. The summed E-state index contributed by atoms with van der Waals surface area (Å²) in [7, 11) is -3.19. The Bertz CT molecular complexity index is 554. The molecule has 0 fully saturated rings. The van der Waals surface area contributed by atoms with Crippen LogP contribution >= 0.6 is 0 Å². The van der Waals surface area contributed by atoms with E-state index in [4.69, 9.17) is 9.47 Å². The van der Waals surface area contributed by atoms with Gasteiger partial charge in [-0.3, -0.25) is 0 Å². The molecule has 6 heteroatoms. The number of hydrogen-bond donors (Lipinski definition) is 1. The van der Waals surface area contributed by atoms with Crippen LogP contribution in [0.25, 0.3) is 0 Å². The highest BCUT2D eigenvalue weighted by molar-refractivity contribution is 7.90. The maximum Gasteiger partial charge on any atom is 0.175 e. The van der Waals surface area contributed by atoms with E-state index in [-0.39, 0.29) is 12.2 Å². The molecule has 1 N–H and O–H groups in total. The Labute approximate surface area is 113 Å². The summed E-state index contributed by atoms with van der Waals surface area (Å²) in [6.07, 6.45) is 1.30. The standard InChI is InChI=1S/C13H19NO4S/c1-9(2)17-8-10-7-14-12-6-11(19(3,15)16)4-5-13(12)18-10/h4-6,9-10,14H,7-8H2,1-3H3. The number of ether oxygens (including phenoxy) is 2. The summed E-state index contributed by atoms with van der Waals surface area (Å²) in [5, 5.41) is 3.18. The predicted octanol–water partition coefficient (Wildman–Crippen LogP) is 1.69. The third-order valence-corrected chi connectivity index (χ3v) is 3.92. The zero-order chi connectivity index (χ0) is 14.0. The monoisotopic (exact) mass is 285 g/mol. The Morgan fingerprint density at radius 3 is 2.84 bits per heavy atom. The van der Waals surface area contributed by atoms with Crippen molar-refractivity contribution < 1.29 is 17.9 Å². The summed E-state index contributed by atoms with van der Waals surface area (Å²) in [5.41, 5.74) is 0.712. The molecule has 1 aromatic rings. The zero-order valence-corrected chi connectivity index (χ0v) is 12.2. The number of sulfone groups is 1. The second-order valence-electron chi connectivity index (χ2n) is 4.93. The van der Waals surface area contributed by atoms with Crippen LogP contribution in [0, 0.1) is 0 Å². The highest BCUT2D eigenvalue weighted by atomic mass is 32.2.